The van der Waals surface area contributed by atoms with E-state index < -0.39 is 11.5 Å². The Morgan fingerprint density at radius 2 is 2.00 bits per heavy atom. The number of aryl methyl sites for hydroxylation is 1. The highest BCUT2D eigenvalue weighted by molar-refractivity contribution is 6.39. The Morgan fingerprint density at radius 1 is 1.36 bits per heavy atom. The summed E-state index contributed by atoms with van der Waals surface area (Å²) in [6.07, 6.45) is 0. The Balaban J connectivity index is 2.33. The molecule has 130 valence electrons. The largest absolute Gasteiger partial charge is 0.380 e. The molecule has 8 heteroatoms. The van der Waals surface area contributed by atoms with E-state index in [1.165, 1.54) is 11.7 Å². The fourth-order valence-electron chi connectivity index (χ4n) is 2.36. The minimum absolute atomic E-state index is 0.0453. The predicted molar refractivity (Wildman–Crippen MR) is 96.0 cm³/mol. The number of hydrogen-bond acceptors (Lipinski definition) is 4. The lowest BCUT2D eigenvalue weighted by atomic mass is 10.1. The number of anilines is 1. The number of nitrogens with zero attached hydrogens (tertiary/aromatic N) is 2. The van der Waals surface area contributed by atoms with Gasteiger partial charge >= 0.3 is 0 Å². The molecule has 0 aliphatic heterocycles. The average Bonchev–Trinajstić information content (AvgIpc) is 2.55. The number of methoxy groups -OCH3 is 1. The number of nitriles is 1. The molecule has 0 spiro atoms. The standard InChI is InChI=1S/C17H15Cl2N3O3/c1-10-6-11(9-25-2)12(7-20)17(24)22(10)8-15(23)21-16-13(18)4-3-5-14(16)19/h3-6H,8-9H2,1-2H3,(H,21,23). The van der Waals surface area contributed by atoms with Crippen LogP contribution < -0.4 is 10.9 Å². The van der Waals surface area contributed by atoms with Gasteiger partial charge in [0.2, 0.25) is 5.91 Å². The Labute approximate surface area is 154 Å². The minimum Gasteiger partial charge on any atom is -0.380 e. The third kappa shape index (κ3) is 4.20. The average molecular weight is 380 g/mol. The molecule has 25 heavy (non-hydrogen) atoms. The van der Waals surface area contributed by atoms with Gasteiger partial charge in [0.25, 0.3) is 5.56 Å². The maximum Gasteiger partial charge on any atom is 0.269 e. The van der Waals surface area contributed by atoms with Crippen molar-refractivity contribution in [2.75, 3.05) is 12.4 Å². The Kier molecular flexibility index (Phi) is 6.21. The highest BCUT2D eigenvalue weighted by atomic mass is 35.5. The third-order valence-corrected chi connectivity index (χ3v) is 4.16. The van der Waals surface area contributed by atoms with Crippen molar-refractivity contribution in [2.45, 2.75) is 20.1 Å². The number of amides is 1. The first-order valence-corrected chi connectivity index (χ1v) is 8.00. The van der Waals surface area contributed by atoms with Crippen molar-refractivity contribution in [3.05, 3.63) is 61.5 Å². The van der Waals surface area contributed by atoms with E-state index >= 15 is 0 Å². The fraction of sp³-hybridized carbons (Fsp3) is 0.235. The van der Waals surface area contributed by atoms with Crippen molar-refractivity contribution in [2.24, 2.45) is 0 Å². The zero-order chi connectivity index (χ0) is 18.6. The molecular formula is C17H15Cl2N3O3. The molecule has 1 aromatic carbocycles. The van der Waals surface area contributed by atoms with Crippen LogP contribution in [0.3, 0.4) is 0 Å². The van der Waals surface area contributed by atoms with Crippen LogP contribution in [0.25, 0.3) is 0 Å². The summed E-state index contributed by atoms with van der Waals surface area (Å²) < 4.78 is 6.22. The second-order valence-electron chi connectivity index (χ2n) is 5.27. The number of hydrogen-bond donors (Lipinski definition) is 1. The molecule has 2 aromatic rings. The van der Waals surface area contributed by atoms with Gasteiger partial charge in [-0.1, -0.05) is 29.3 Å². The first kappa shape index (κ1) is 19.0. The number of aromatic nitrogens is 1. The van der Waals surface area contributed by atoms with Crippen LogP contribution in [0.15, 0.2) is 29.1 Å². The SMILES string of the molecule is COCc1cc(C)n(CC(=O)Nc2c(Cl)cccc2Cl)c(=O)c1C#N. The molecule has 1 amide bonds. The second-order valence-corrected chi connectivity index (χ2v) is 6.08. The van der Waals surface area contributed by atoms with Gasteiger partial charge in [-0.25, -0.2) is 0 Å². The van der Waals surface area contributed by atoms with E-state index in [0.717, 1.165) is 0 Å². The summed E-state index contributed by atoms with van der Waals surface area (Å²) in [5.41, 5.74) is 0.707. The lowest BCUT2D eigenvalue weighted by molar-refractivity contribution is -0.116. The van der Waals surface area contributed by atoms with Crippen LogP contribution in [0.2, 0.25) is 10.0 Å². The van der Waals surface area contributed by atoms with Crippen LogP contribution in [0.5, 0.6) is 0 Å². The first-order valence-electron chi connectivity index (χ1n) is 7.25. The molecule has 0 unspecified atom stereocenters. The van der Waals surface area contributed by atoms with Gasteiger partial charge in [-0.3, -0.25) is 9.59 Å². The lowest BCUT2D eigenvalue weighted by Crippen LogP contribution is -2.31. The second kappa shape index (κ2) is 8.17. The predicted octanol–water partition coefficient (Wildman–Crippen LogP) is 3.12. The Hall–Kier alpha value is -2.33. The van der Waals surface area contributed by atoms with Gasteiger partial charge in [0.1, 0.15) is 18.2 Å². The summed E-state index contributed by atoms with van der Waals surface area (Å²) in [7, 11) is 1.48. The summed E-state index contributed by atoms with van der Waals surface area (Å²) in [4.78, 5) is 24.8. The zero-order valence-electron chi connectivity index (χ0n) is 13.6. The maximum absolute atomic E-state index is 12.5. The topological polar surface area (TPSA) is 84.1 Å². The monoisotopic (exact) mass is 379 g/mol. The van der Waals surface area contributed by atoms with E-state index in [9.17, 15) is 14.9 Å². The maximum atomic E-state index is 12.5. The van der Waals surface area contributed by atoms with Gasteiger partial charge in [0.05, 0.1) is 22.3 Å². The molecular weight excluding hydrogens is 365 g/mol. The number of benzene rings is 1. The molecule has 0 saturated heterocycles. The van der Waals surface area contributed by atoms with Gasteiger partial charge in [0.15, 0.2) is 0 Å². The van der Waals surface area contributed by atoms with Gasteiger partial charge < -0.3 is 14.6 Å². The molecule has 6 nitrogen and oxygen atoms in total. The first-order chi connectivity index (χ1) is 11.9. The smallest absolute Gasteiger partial charge is 0.269 e. The summed E-state index contributed by atoms with van der Waals surface area (Å²) in [6, 6.07) is 8.36. The fourth-order valence-corrected chi connectivity index (χ4v) is 2.85. The van der Waals surface area contributed by atoms with E-state index in [2.05, 4.69) is 5.32 Å². The van der Waals surface area contributed by atoms with E-state index in [1.54, 1.807) is 31.2 Å². The van der Waals surface area contributed by atoms with Crippen LogP contribution in [0, 0.1) is 18.3 Å². The molecule has 0 aliphatic carbocycles. The lowest BCUT2D eigenvalue weighted by Gasteiger charge is -2.14. The third-order valence-electron chi connectivity index (χ3n) is 3.53. The number of para-hydroxylation sites is 1. The Bertz CT molecular complexity index is 896. The molecule has 2 rings (SSSR count). The number of ether oxygens (including phenoxy) is 1. The molecule has 0 saturated carbocycles. The van der Waals surface area contributed by atoms with Gasteiger partial charge in [-0.2, -0.15) is 5.26 Å². The summed E-state index contributed by atoms with van der Waals surface area (Å²) in [6.45, 7) is 1.55. The van der Waals surface area contributed by atoms with Crippen molar-refractivity contribution in [1.82, 2.24) is 4.57 Å². The highest BCUT2D eigenvalue weighted by Gasteiger charge is 2.16. The van der Waals surface area contributed by atoms with E-state index in [0.29, 0.717) is 11.3 Å². The quantitative estimate of drug-likeness (QED) is 0.864. The highest BCUT2D eigenvalue weighted by Crippen LogP contribution is 2.29. The number of rotatable bonds is 5. The molecule has 1 heterocycles. The molecule has 0 fully saturated rings. The summed E-state index contributed by atoms with van der Waals surface area (Å²) in [5.74, 6) is -0.483. The van der Waals surface area contributed by atoms with E-state index in [-0.39, 0.29) is 34.4 Å². The Morgan fingerprint density at radius 3 is 2.56 bits per heavy atom. The molecule has 0 radical (unpaired) electrons. The van der Waals surface area contributed by atoms with Crippen molar-refractivity contribution in [1.29, 1.82) is 5.26 Å². The van der Waals surface area contributed by atoms with E-state index in [4.69, 9.17) is 27.9 Å². The van der Waals surface area contributed by atoms with Gasteiger partial charge in [-0.15, -0.1) is 0 Å². The molecule has 0 bridgehead atoms. The van der Waals surface area contributed by atoms with Crippen LogP contribution in [-0.4, -0.2) is 17.6 Å². The van der Waals surface area contributed by atoms with Crippen LogP contribution in [-0.2, 0) is 22.7 Å². The minimum atomic E-state index is -0.546. The normalized spacial score (nSPS) is 10.4. The van der Waals surface area contributed by atoms with Gasteiger partial charge in [0, 0.05) is 18.4 Å². The summed E-state index contributed by atoms with van der Waals surface area (Å²) >= 11 is 12.0. The number of pyridine rings is 1. The number of carbonyl (C=O) groups is 1. The van der Waals surface area contributed by atoms with Crippen LogP contribution >= 0.6 is 23.2 Å². The summed E-state index contributed by atoms with van der Waals surface area (Å²) in [5, 5.41) is 12.4. The molecule has 1 N–H and O–H groups in total. The van der Waals surface area contributed by atoms with Crippen molar-refractivity contribution in [3.8, 4) is 6.07 Å². The van der Waals surface area contributed by atoms with Crippen LogP contribution in [0.1, 0.15) is 16.8 Å². The molecule has 0 aliphatic rings. The number of halogens is 2. The molecule has 0 atom stereocenters. The number of nitrogens with one attached hydrogen (secondary N) is 1. The van der Waals surface area contributed by atoms with Crippen molar-refractivity contribution >= 4 is 34.8 Å². The van der Waals surface area contributed by atoms with Gasteiger partial charge in [-0.05, 0) is 25.1 Å². The van der Waals surface area contributed by atoms with Crippen molar-refractivity contribution < 1.29 is 9.53 Å². The van der Waals surface area contributed by atoms with Crippen molar-refractivity contribution in [3.63, 3.8) is 0 Å². The zero-order valence-corrected chi connectivity index (χ0v) is 15.1. The van der Waals surface area contributed by atoms with Crippen LogP contribution in [0.4, 0.5) is 5.69 Å². The number of carbonyl (C=O) groups excluding carboxylic acids is 1. The molecule has 1 aromatic heterocycles. The van der Waals surface area contributed by atoms with E-state index in [1.807, 2.05) is 6.07 Å².